The first kappa shape index (κ1) is 16.4. The summed E-state index contributed by atoms with van der Waals surface area (Å²) in [5.74, 6) is 2.89. The molecular formula is C19H31N3O2. The molecule has 2 bridgehead atoms. The molecule has 4 rings (SSSR count). The lowest BCUT2D eigenvalue weighted by Gasteiger charge is -2.38. The summed E-state index contributed by atoms with van der Waals surface area (Å²) in [5, 5.41) is 3.09. The molecule has 0 aromatic rings. The number of hydrogen-bond donors (Lipinski definition) is 1. The van der Waals surface area contributed by atoms with Crippen LogP contribution in [0.3, 0.4) is 0 Å². The van der Waals surface area contributed by atoms with E-state index in [1.807, 2.05) is 11.8 Å². The molecule has 4 aliphatic rings. The van der Waals surface area contributed by atoms with Crippen LogP contribution in [-0.4, -0.2) is 59.9 Å². The number of fused-ring (bicyclic) bond motifs is 2. The van der Waals surface area contributed by atoms with E-state index < -0.39 is 0 Å². The lowest BCUT2D eigenvalue weighted by Crippen LogP contribution is -2.55. The first-order valence-electron chi connectivity index (χ1n) is 9.92. The van der Waals surface area contributed by atoms with Gasteiger partial charge in [-0.15, -0.1) is 0 Å². The maximum Gasteiger partial charge on any atom is 0.237 e. The molecule has 1 saturated heterocycles. The third-order valence-electron chi connectivity index (χ3n) is 6.84. The van der Waals surface area contributed by atoms with Crippen molar-refractivity contribution in [3.8, 4) is 0 Å². The van der Waals surface area contributed by atoms with Crippen LogP contribution in [0.25, 0.3) is 0 Å². The minimum absolute atomic E-state index is 0.0755. The lowest BCUT2D eigenvalue weighted by molar-refractivity contribution is -0.135. The molecule has 5 heteroatoms. The Kier molecular flexibility index (Phi) is 4.54. The second kappa shape index (κ2) is 6.66. The Balaban J connectivity index is 1.22. The molecule has 5 nitrogen and oxygen atoms in total. The summed E-state index contributed by atoms with van der Waals surface area (Å²) in [6.45, 7) is 5.19. The molecule has 1 N–H and O–H groups in total. The Morgan fingerprint density at radius 3 is 2.38 bits per heavy atom. The van der Waals surface area contributed by atoms with Crippen LogP contribution in [0.15, 0.2) is 0 Å². The summed E-state index contributed by atoms with van der Waals surface area (Å²) in [7, 11) is 0. The summed E-state index contributed by atoms with van der Waals surface area (Å²) < 4.78 is 0. The van der Waals surface area contributed by atoms with Crippen LogP contribution < -0.4 is 5.32 Å². The fourth-order valence-corrected chi connectivity index (χ4v) is 5.05. The number of carbonyl (C=O) groups is 2. The number of nitrogens with one attached hydrogen (secondary N) is 1. The standard InChI is InChI=1S/C19H31N3O2/c1-13(19(24)20-17-4-5-17)21-6-8-22(9-7-21)18(23)12-16-11-14-2-3-15(16)10-14/h13-17H,2-12H2,1H3,(H,20,24)/t13-,14-,15-,16+/m0/s1. The van der Waals surface area contributed by atoms with Crippen LogP contribution >= 0.6 is 0 Å². The van der Waals surface area contributed by atoms with Gasteiger partial charge in [-0.2, -0.15) is 0 Å². The van der Waals surface area contributed by atoms with Crippen molar-refractivity contribution < 1.29 is 9.59 Å². The van der Waals surface area contributed by atoms with E-state index >= 15 is 0 Å². The summed E-state index contributed by atoms with van der Waals surface area (Å²) >= 11 is 0. The predicted molar refractivity (Wildman–Crippen MR) is 92.3 cm³/mol. The average molecular weight is 333 g/mol. The van der Waals surface area contributed by atoms with E-state index in [4.69, 9.17) is 0 Å². The van der Waals surface area contributed by atoms with Crippen molar-refractivity contribution in [3.05, 3.63) is 0 Å². The molecule has 4 fully saturated rings. The van der Waals surface area contributed by atoms with Crippen LogP contribution in [0.1, 0.15) is 51.9 Å². The number of nitrogens with zero attached hydrogens (tertiary/aromatic N) is 2. The summed E-state index contributed by atoms with van der Waals surface area (Å²) in [6, 6.07) is 0.345. The summed E-state index contributed by atoms with van der Waals surface area (Å²) in [5.41, 5.74) is 0. The fraction of sp³-hybridized carbons (Fsp3) is 0.895. The van der Waals surface area contributed by atoms with Gasteiger partial charge in [0.15, 0.2) is 0 Å². The van der Waals surface area contributed by atoms with Crippen molar-refractivity contribution in [2.45, 2.75) is 64.0 Å². The Hall–Kier alpha value is -1.10. The third kappa shape index (κ3) is 3.46. The van der Waals surface area contributed by atoms with Gasteiger partial charge < -0.3 is 10.2 Å². The molecule has 0 unspecified atom stereocenters. The molecule has 3 saturated carbocycles. The van der Waals surface area contributed by atoms with Crippen molar-refractivity contribution in [2.24, 2.45) is 17.8 Å². The largest absolute Gasteiger partial charge is 0.352 e. The van der Waals surface area contributed by atoms with Crippen LogP contribution in [0.5, 0.6) is 0 Å². The van der Waals surface area contributed by atoms with E-state index in [0.717, 1.165) is 57.3 Å². The van der Waals surface area contributed by atoms with Gasteiger partial charge in [0.1, 0.15) is 0 Å². The molecule has 0 aromatic heterocycles. The SMILES string of the molecule is C[C@@H](C(=O)NC1CC1)N1CCN(C(=O)C[C@H]2C[C@H]3CC[C@H]2C3)CC1. The quantitative estimate of drug-likeness (QED) is 0.832. The Bertz CT molecular complexity index is 497. The van der Waals surface area contributed by atoms with Gasteiger partial charge in [-0.05, 0) is 56.8 Å². The monoisotopic (exact) mass is 333 g/mol. The molecule has 134 valence electrons. The minimum atomic E-state index is -0.0755. The lowest BCUT2D eigenvalue weighted by atomic mass is 9.86. The Morgan fingerprint density at radius 2 is 1.79 bits per heavy atom. The van der Waals surface area contributed by atoms with E-state index in [0.29, 0.717) is 17.9 Å². The van der Waals surface area contributed by atoms with Gasteiger partial charge in [0.25, 0.3) is 0 Å². The number of hydrogen-bond acceptors (Lipinski definition) is 3. The number of rotatable bonds is 5. The van der Waals surface area contributed by atoms with E-state index in [-0.39, 0.29) is 11.9 Å². The van der Waals surface area contributed by atoms with Crippen LogP contribution in [0, 0.1) is 17.8 Å². The molecular weight excluding hydrogens is 302 g/mol. The summed E-state index contributed by atoms with van der Waals surface area (Å²) in [6.07, 6.45) is 8.43. The molecule has 0 spiro atoms. The molecule has 4 atom stereocenters. The number of piperazine rings is 1. The van der Waals surface area contributed by atoms with E-state index in [9.17, 15) is 9.59 Å². The van der Waals surface area contributed by atoms with Gasteiger partial charge in [0.2, 0.25) is 11.8 Å². The zero-order chi connectivity index (χ0) is 16.7. The normalized spacial score (nSPS) is 34.4. The zero-order valence-electron chi connectivity index (χ0n) is 14.9. The smallest absolute Gasteiger partial charge is 0.237 e. The Morgan fingerprint density at radius 1 is 1.04 bits per heavy atom. The average Bonchev–Trinajstić information content (AvgIpc) is 3.16. The second-order valence-corrected chi connectivity index (χ2v) is 8.51. The fourth-order valence-electron chi connectivity index (χ4n) is 5.05. The predicted octanol–water partition coefficient (Wildman–Crippen LogP) is 1.62. The van der Waals surface area contributed by atoms with Gasteiger partial charge in [-0.1, -0.05) is 6.42 Å². The summed E-state index contributed by atoms with van der Waals surface area (Å²) in [4.78, 5) is 29.1. The highest BCUT2D eigenvalue weighted by Crippen LogP contribution is 2.49. The highest BCUT2D eigenvalue weighted by molar-refractivity contribution is 5.82. The molecule has 0 aromatic carbocycles. The molecule has 24 heavy (non-hydrogen) atoms. The van der Waals surface area contributed by atoms with Crippen LogP contribution in [0.2, 0.25) is 0 Å². The van der Waals surface area contributed by atoms with Crippen LogP contribution in [0.4, 0.5) is 0 Å². The van der Waals surface area contributed by atoms with Gasteiger partial charge in [-0.25, -0.2) is 0 Å². The molecule has 0 radical (unpaired) electrons. The van der Waals surface area contributed by atoms with Gasteiger partial charge in [0, 0.05) is 38.6 Å². The maximum atomic E-state index is 12.6. The highest BCUT2D eigenvalue weighted by Gasteiger charge is 2.41. The first-order valence-corrected chi connectivity index (χ1v) is 9.92. The van der Waals surface area contributed by atoms with Crippen molar-refractivity contribution in [3.63, 3.8) is 0 Å². The molecule has 3 aliphatic carbocycles. The van der Waals surface area contributed by atoms with E-state index in [1.165, 1.54) is 25.7 Å². The van der Waals surface area contributed by atoms with Crippen molar-refractivity contribution in [1.82, 2.24) is 15.1 Å². The second-order valence-electron chi connectivity index (χ2n) is 8.51. The number of amides is 2. The van der Waals surface area contributed by atoms with Crippen molar-refractivity contribution in [2.75, 3.05) is 26.2 Å². The van der Waals surface area contributed by atoms with E-state index in [1.54, 1.807) is 0 Å². The third-order valence-corrected chi connectivity index (χ3v) is 6.84. The van der Waals surface area contributed by atoms with Crippen LogP contribution in [-0.2, 0) is 9.59 Å². The van der Waals surface area contributed by atoms with Crippen molar-refractivity contribution >= 4 is 11.8 Å². The minimum Gasteiger partial charge on any atom is -0.352 e. The molecule has 1 aliphatic heterocycles. The van der Waals surface area contributed by atoms with Crippen molar-refractivity contribution in [1.29, 1.82) is 0 Å². The van der Waals surface area contributed by atoms with Gasteiger partial charge in [0.05, 0.1) is 6.04 Å². The van der Waals surface area contributed by atoms with Gasteiger partial charge in [-0.3, -0.25) is 14.5 Å². The van der Waals surface area contributed by atoms with E-state index in [2.05, 4.69) is 10.2 Å². The van der Waals surface area contributed by atoms with Gasteiger partial charge >= 0.3 is 0 Å². The maximum absolute atomic E-state index is 12.6. The zero-order valence-corrected chi connectivity index (χ0v) is 14.9. The molecule has 1 heterocycles. The highest BCUT2D eigenvalue weighted by atomic mass is 16.2. The first-order chi connectivity index (χ1) is 11.6. The topological polar surface area (TPSA) is 52.7 Å². The Labute approximate surface area is 145 Å². The molecule has 2 amide bonds. The number of carbonyl (C=O) groups excluding carboxylic acids is 2.